The van der Waals surface area contributed by atoms with E-state index in [1.807, 2.05) is 31.2 Å². The molecule has 0 aliphatic carbocycles. The molecule has 0 bridgehead atoms. The first-order chi connectivity index (χ1) is 10.2. The summed E-state index contributed by atoms with van der Waals surface area (Å²) in [7, 11) is 0. The summed E-state index contributed by atoms with van der Waals surface area (Å²) in [6.07, 6.45) is 3.10. The number of rotatable bonds is 6. The van der Waals surface area contributed by atoms with Crippen LogP contribution in [0, 0.1) is 0 Å². The lowest BCUT2D eigenvalue weighted by atomic mass is 10.1. The normalized spacial score (nSPS) is 10.6. The maximum Gasteiger partial charge on any atom is 0.187 e. The summed E-state index contributed by atoms with van der Waals surface area (Å²) in [5.74, 6) is 0.745. The lowest BCUT2D eigenvalue weighted by Crippen LogP contribution is -1.96. The van der Waals surface area contributed by atoms with Gasteiger partial charge in [-0.1, -0.05) is 11.6 Å². The van der Waals surface area contributed by atoms with Crippen LogP contribution in [0.5, 0.6) is 5.75 Å². The minimum Gasteiger partial charge on any atom is -0.494 e. The van der Waals surface area contributed by atoms with Crippen molar-refractivity contribution in [1.82, 2.24) is 0 Å². The zero-order valence-electron chi connectivity index (χ0n) is 11.7. The SMILES string of the molecule is CCOc1ccc(N/C=C/C(=O)c2ccc(Cl)cc2)cc1. The summed E-state index contributed by atoms with van der Waals surface area (Å²) < 4.78 is 5.36. The van der Waals surface area contributed by atoms with Gasteiger partial charge < -0.3 is 10.1 Å². The van der Waals surface area contributed by atoms with E-state index in [9.17, 15) is 4.79 Å². The maximum atomic E-state index is 11.9. The van der Waals surface area contributed by atoms with Crippen molar-refractivity contribution in [1.29, 1.82) is 0 Å². The highest BCUT2D eigenvalue weighted by molar-refractivity contribution is 6.30. The molecule has 0 aliphatic heterocycles. The molecule has 4 heteroatoms. The lowest BCUT2D eigenvalue weighted by Gasteiger charge is -2.04. The first-order valence-corrected chi connectivity index (χ1v) is 7.02. The molecule has 0 aromatic heterocycles. The van der Waals surface area contributed by atoms with Gasteiger partial charge in [-0.25, -0.2) is 0 Å². The Hall–Kier alpha value is -2.26. The van der Waals surface area contributed by atoms with E-state index in [-0.39, 0.29) is 5.78 Å². The van der Waals surface area contributed by atoms with E-state index < -0.39 is 0 Å². The number of ether oxygens (including phenoxy) is 1. The van der Waals surface area contributed by atoms with Crippen LogP contribution in [0.4, 0.5) is 5.69 Å². The number of ketones is 1. The van der Waals surface area contributed by atoms with E-state index in [4.69, 9.17) is 16.3 Å². The molecule has 0 amide bonds. The average Bonchev–Trinajstić information content (AvgIpc) is 2.50. The van der Waals surface area contributed by atoms with Crippen molar-refractivity contribution >= 4 is 23.1 Å². The fraction of sp³-hybridized carbons (Fsp3) is 0.118. The Morgan fingerprint density at radius 3 is 2.43 bits per heavy atom. The van der Waals surface area contributed by atoms with Crippen LogP contribution in [0.25, 0.3) is 0 Å². The van der Waals surface area contributed by atoms with Crippen molar-refractivity contribution in [3.63, 3.8) is 0 Å². The first-order valence-electron chi connectivity index (χ1n) is 6.65. The molecule has 21 heavy (non-hydrogen) atoms. The standard InChI is InChI=1S/C17H16ClNO2/c1-2-21-16-9-7-15(8-10-16)19-12-11-17(20)13-3-5-14(18)6-4-13/h3-12,19H,2H2,1H3/b12-11+. The molecule has 0 saturated heterocycles. The highest BCUT2D eigenvalue weighted by Crippen LogP contribution is 2.15. The Bertz CT molecular complexity index is 618. The molecule has 2 aromatic carbocycles. The predicted octanol–water partition coefficient (Wildman–Crippen LogP) is 4.55. The Kier molecular flexibility index (Phi) is 5.41. The minimum absolute atomic E-state index is 0.0786. The molecule has 2 aromatic rings. The second-order valence-electron chi connectivity index (χ2n) is 4.31. The molecule has 108 valence electrons. The van der Waals surface area contributed by atoms with Crippen molar-refractivity contribution in [3.8, 4) is 5.75 Å². The Morgan fingerprint density at radius 2 is 1.81 bits per heavy atom. The van der Waals surface area contributed by atoms with Gasteiger partial charge in [-0.3, -0.25) is 4.79 Å². The fourth-order valence-electron chi connectivity index (χ4n) is 1.74. The molecule has 0 radical (unpaired) electrons. The van der Waals surface area contributed by atoms with Crippen LogP contribution in [0.15, 0.2) is 60.8 Å². The molecule has 0 atom stereocenters. The molecule has 3 nitrogen and oxygen atoms in total. The molecule has 0 aliphatic rings. The molecule has 0 heterocycles. The first kappa shape index (κ1) is 15.1. The van der Waals surface area contributed by atoms with Crippen LogP contribution in [0.2, 0.25) is 5.02 Å². The second-order valence-corrected chi connectivity index (χ2v) is 4.74. The highest BCUT2D eigenvalue weighted by atomic mass is 35.5. The van der Waals surface area contributed by atoms with Crippen LogP contribution < -0.4 is 10.1 Å². The second kappa shape index (κ2) is 7.50. The number of allylic oxidation sites excluding steroid dienone is 1. The Labute approximate surface area is 129 Å². The molecule has 0 saturated carbocycles. The van der Waals surface area contributed by atoms with Gasteiger partial charge in [0.05, 0.1) is 6.61 Å². The van der Waals surface area contributed by atoms with E-state index >= 15 is 0 Å². The van der Waals surface area contributed by atoms with Gasteiger partial charge in [0.2, 0.25) is 0 Å². The molecule has 0 fully saturated rings. The summed E-state index contributed by atoms with van der Waals surface area (Å²) in [6.45, 7) is 2.58. The van der Waals surface area contributed by atoms with Gasteiger partial charge in [-0.2, -0.15) is 0 Å². The number of carbonyl (C=O) groups is 1. The van der Waals surface area contributed by atoms with E-state index in [0.717, 1.165) is 11.4 Å². The number of benzene rings is 2. The topological polar surface area (TPSA) is 38.3 Å². The van der Waals surface area contributed by atoms with Gasteiger partial charge in [-0.05, 0) is 55.5 Å². The minimum atomic E-state index is -0.0786. The number of anilines is 1. The van der Waals surface area contributed by atoms with Gasteiger partial charge >= 0.3 is 0 Å². The van der Waals surface area contributed by atoms with E-state index in [0.29, 0.717) is 17.2 Å². The van der Waals surface area contributed by atoms with Crippen molar-refractivity contribution in [2.24, 2.45) is 0 Å². The van der Waals surface area contributed by atoms with E-state index in [2.05, 4.69) is 5.32 Å². The summed E-state index contributed by atoms with van der Waals surface area (Å²) >= 11 is 5.78. The van der Waals surface area contributed by atoms with Crippen molar-refractivity contribution in [3.05, 3.63) is 71.4 Å². The summed E-state index contributed by atoms with van der Waals surface area (Å²) in [5, 5.41) is 3.66. The van der Waals surface area contributed by atoms with Gasteiger partial charge in [0, 0.05) is 28.5 Å². The molecular formula is C17H16ClNO2. The number of carbonyl (C=O) groups excluding carboxylic acids is 1. The maximum absolute atomic E-state index is 11.9. The monoisotopic (exact) mass is 301 g/mol. The van der Waals surface area contributed by atoms with Crippen LogP contribution in [-0.4, -0.2) is 12.4 Å². The smallest absolute Gasteiger partial charge is 0.187 e. The largest absolute Gasteiger partial charge is 0.494 e. The summed E-state index contributed by atoms with van der Waals surface area (Å²) in [4.78, 5) is 11.9. The van der Waals surface area contributed by atoms with Crippen molar-refractivity contribution in [2.75, 3.05) is 11.9 Å². The van der Waals surface area contributed by atoms with Crippen LogP contribution in [-0.2, 0) is 0 Å². The summed E-state index contributed by atoms with van der Waals surface area (Å²) in [6, 6.07) is 14.3. The van der Waals surface area contributed by atoms with Crippen molar-refractivity contribution < 1.29 is 9.53 Å². The average molecular weight is 302 g/mol. The van der Waals surface area contributed by atoms with Gasteiger partial charge in [-0.15, -0.1) is 0 Å². The van der Waals surface area contributed by atoms with E-state index in [1.165, 1.54) is 6.08 Å². The molecule has 0 spiro atoms. The quantitative estimate of drug-likeness (QED) is 0.628. The third kappa shape index (κ3) is 4.65. The Morgan fingerprint density at radius 1 is 1.14 bits per heavy atom. The number of hydrogen-bond acceptors (Lipinski definition) is 3. The predicted molar refractivity (Wildman–Crippen MR) is 86.2 cm³/mol. The van der Waals surface area contributed by atoms with Crippen molar-refractivity contribution in [2.45, 2.75) is 6.92 Å². The number of hydrogen-bond donors (Lipinski definition) is 1. The third-order valence-electron chi connectivity index (χ3n) is 2.78. The zero-order chi connectivity index (χ0) is 15.1. The highest BCUT2D eigenvalue weighted by Gasteiger charge is 2.00. The zero-order valence-corrected chi connectivity index (χ0v) is 12.4. The molecule has 1 N–H and O–H groups in total. The number of nitrogens with one attached hydrogen (secondary N) is 1. The van der Waals surface area contributed by atoms with Crippen LogP contribution in [0.1, 0.15) is 17.3 Å². The lowest BCUT2D eigenvalue weighted by molar-refractivity contribution is 0.104. The summed E-state index contributed by atoms with van der Waals surface area (Å²) in [5.41, 5.74) is 1.49. The molecule has 0 unspecified atom stereocenters. The third-order valence-corrected chi connectivity index (χ3v) is 3.03. The van der Waals surface area contributed by atoms with Gasteiger partial charge in [0.1, 0.15) is 5.75 Å². The van der Waals surface area contributed by atoms with E-state index in [1.54, 1.807) is 30.5 Å². The molecule has 2 rings (SSSR count). The van der Waals surface area contributed by atoms with Gasteiger partial charge in [0.25, 0.3) is 0 Å². The van der Waals surface area contributed by atoms with Crippen LogP contribution >= 0.6 is 11.6 Å². The van der Waals surface area contributed by atoms with Crippen LogP contribution in [0.3, 0.4) is 0 Å². The number of halogens is 1. The Balaban J connectivity index is 1.92. The van der Waals surface area contributed by atoms with Gasteiger partial charge in [0.15, 0.2) is 5.78 Å². The fourth-order valence-corrected chi connectivity index (χ4v) is 1.86. The molecular weight excluding hydrogens is 286 g/mol.